The molecule has 0 amide bonds. The van der Waals surface area contributed by atoms with E-state index in [1.165, 1.54) is 0 Å². The lowest BCUT2D eigenvalue weighted by Crippen LogP contribution is -2.10. The van der Waals surface area contributed by atoms with E-state index in [0.717, 1.165) is 24.7 Å². The van der Waals surface area contributed by atoms with Crippen LogP contribution in [0.3, 0.4) is 0 Å². The van der Waals surface area contributed by atoms with Gasteiger partial charge in [0, 0.05) is 5.92 Å². The minimum absolute atomic E-state index is 0.0659. The van der Waals surface area contributed by atoms with E-state index in [1.807, 2.05) is 30.3 Å². The molecule has 0 fully saturated rings. The van der Waals surface area contributed by atoms with Crippen LogP contribution in [0.5, 0.6) is 0 Å². The fourth-order valence-corrected chi connectivity index (χ4v) is 1.85. The predicted octanol–water partition coefficient (Wildman–Crippen LogP) is 3.41. The van der Waals surface area contributed by atoms with Gasteiger partial charge in [-0.3, -0.25) is 0 Å². The molecule has 1 rings (SSSR count). The van der Waals surface area contributed by atoms with Crippen LogP contribution < -0.4 is 0 Å². The van der Waals surface area contributed by atoms with Crippen LogP contribution in [0.1, 0.15) is 38.2 Å². The van der Waals surface area contributed by atoms with Crippen molar-refractivity contribution in [2.24, 2.45) is 5.92 Å². The van der Waals surface area contributed by atoms with Crippen molar-refractivity contribution in [3.63, 3.8) is 0 Å². The first-order valence-corrected chi connectivity index (χ1v) is 5.29. The summed E-state index contributed by atoms with van der Waals surface area (Å²) in [7, 11) is 0. The van der Waals surface area contributed by atoms with Crippen molar-refractivity contribution in [3.05, 3.63) is 35.9 Å². The molecule has 0 heterocycles. The molecule has 2 atom stereocenters. The van der Waals surface area contributed by atoms with Crippen molar-refractivity contribution in [3.8, 4) is 0 Å². The molecule has 0 aliphatic carbocycles. The molecular formula is C13H18O. The van der Waals surface area contributed by atoms with Crippen molar-refractivity contribution in [1.29, 1.82) is 0 Å². The highest BCUT2D eigenvalue weighted by Gasteiger charge is 2.17. The number of hydrogen-bond donors (Lipinski definition) is 0. The third-order valence-corrected chi connectivity index (χ3v) is 2.69. The van der Waals surface area contributed by atoms with Crippen molar-refractivity contribution in [2.75, 3.05) is 0 Å². The van der Waals surface area contributed by atoms with E-state index in [4.69, 9.17) is 0 Å². The maximum Gasteiger partial charge on any atom is 0.127 e. The van der Waals surface area contributed by atoms with Crippen LogP contribution in [0.4, 0.5) is 0 Å². The van der Waals surface area contributed by atoms with Gasteiger partial charge in [-0.1, -0.05) is 50.6 Å². The van der Waals surface area contributed by atoms with Gasteiger partial charge in [0.1, 0.15) is 6.29 Å². The molecule has 14 heavy (non-hydrogen) atoms. The summed E-state index contributed by atoms with van der Waals surface area (Å²) in [5.74, 6) is 0.510. The Labute approximate surface area is 86.1 Å². The van der Waals surface area contributed by atoms with E-state index in [1.54, 1.807) is 0 Å². The molecule has 0 aliphatic heterocycles. The average Bonchev–Trinajstić information content (AvgIpc) is 2.21. The van der Waals surface area contributed by atoms with Gasteiger partial charge in [-0.2, -0.15) is 0 Å². The Balaban J connectivity index is 2.76. The second kappa shape index (κ2) is 5.58. The van der Waals surface area contributed by atoms with E-state index < -0.39 is 0 Å². The van der Waals surface area contributed by atoms with Gasteiger partial charge in [-0.25, -0.2) is 0 Å². The molecule has 0 aliphatic rings. The van der Waals surface area contributed by atoms with E-state index in [2.05, 4.69) is 13.8 Å². The fraction of sp³-hybridized carbons (Fsp3) is 0.462. The highest BCUT2D eigenvalue weighted by molar-refractivity contribution is 5.62. The Morgan fingerprint density at radius 3 is 2.43 bits per heavy atom. The van der Waals surface area contributed by atoms with Crippen LogP contribution in [0.25, 0.3) is 0 Å². The summed E-state index contributed by atoms with van der Waals surface area (Å²) in [5.41, 5.74) is 1.14. The van der Waals surface area contributed by atoms with Gasteiger partial charge in [0.2, 0.25) is 0 Å². The summed E-state index contributed by atoms with van der Waals surface area (Å²) < 4.78 is 0. The van der Waals surface area contributed by atoms with Crippen LogP contribution in [-0.4, -0.2) is 6.29 Å². The highest BCUT2D eigenvalue weighted by atomic mass is 16.1. The molecule has 1 aromatic rings. The van der Waals surface area contributed by atoms with Gasteiger partial charge in [-0.15, -0.1) is 0 Å². The minimum Gasteiger partial charge on any atom is -0.303 e. The van der Waals surface area contributed by atoms with Crippen LogP contribution in [-0.2, 0) is 4.79 Å². The second-order valence-electron chi connectivity index (χ2n) is 3.84. The normalized spacial score (nSPS) is 14.7. The molecule has 1 aromatic carbocycles. The molecule has 76 valence electrons. The summed E-state index contributed by atoms with van der Waals surface area (Å²) in [4.78, 5) is 11.0. The van der Waals surface area contributed by atoms with Crippen LogP contribution in [0, 0.1) is 5.92 Å². The van der Waals surface area contributed by atoms with Gasteiger partial charge < -0.3 is 4.79 Å². The van der Waals surface area contributed by atoms with Gasteiger partial charge in [0.25, 0.3) is 0 Å². The molecule has 0 bridgehead atoms. The number of rotatable bonds is 5. The summed E-state index contributed by atoms with van der Waals surface area (Å²) in [6.45, 7) is 4.30. The molecule has 0 saturated heterocycles. The Morgan fingerprint density at radius 2 is 1.93 bits per heavy atom. The SMILES string of the molecule is CCCC(C)C(C=O)c1ccccc1. The number of carbonyl (C=O) groups excluding carboxylic acids is 1. The molecule has 1 nitrogen and oxygen atoms in total. The standard InChI is InChI=1S/C13H18O/c1-3-7-11(2)13(10-14)12-8-5-4-6-9-12/h4-6,8-11,13H,3,7H2,1-2H3. The molecular weight excluding hydrogens is 172 g/mol. The van der Waals surface area contributed by atoms with Crippen molar-refractivity contribution in [1.82, 2.24) is 0 Å². The summed E-state index contributed by atoms with van der Waals surface area (Å²) >= 11 is 0. The van der Waals surface area contributed by atoms with Crippen LogP contribution >= 0.6 is 0 Å². The van der Waals surface area contributed by atoms with Gasteiger partial charge in [0.05, 0.1) is 0 Å². The Bertz CT molecular complexity index is 266. The zero-order valence-corrected chi connectivity index (χ0v) is 8.94. The second-order valence-corrected chi connectivity index (χ2v) is 3.84. The molecule has 0 aromatic heterocycles. The first kappa shape index (κ1) is 11.0. The van der Waals surface area contributed by atoms with E-state index in [9.17, 15) is 4.79 Å². The lowest BCUT2D eigenvalue weighted by Gasteiger charge is -2.18. The van der Waals surface area contributed by atoms with Crippen molar-refractivity contribution >= 4 is 6.29 Å². The summed E-state index contributed by atoms with van der Waals surface area (Å²) in [6, 6.07) is 10.0. The zero-order valence-electron chi connectivity index (χ0n) is 8.94. The largest absolute Gasteiger partial charge is 0.303 e. The fourth-order valence-electron chi connectivity index (χ4n) is 1.85. The Kier molecular flexibility index (Phi) is 4.37. The minimum atomic E-state index is 0.0659. The topological polar surface area (TPSA) is 17.1 Å². The molecule has 0 spiro atoms. The first-order valence-electron chi connectivity index (χ1n) is 5.29. The number of benzene rings is 1. The Hall–Kier alpha value is -1.11. The molecule has 1 heteroatoms. The predicted molar refractivity (Wildman–Crippen MR) is 59.3 cm³/mol. The third kappa shape index (κ3) is 2.69. The molecule has 2 unspecified atom stereocenters. The van der Waals surface area contributed by atoms with Crippen LogP contribution in [0.2, 0.25) is 0 Å². The summed E-state index contributed by atoms with van der Waals surface area (Å²) in [6.07, 6.45) is 3.33. The van der Waals surface area contributed by atoms with Crippen molar-refractivity contribution < 1.29 is 4.79 Å². The third-order valence-electron chi connectivity index (χ3n) is 2.69. The quantitative estimate of drug-likeness (QED) is 0.650. The maximum absolute atomic E-state index is 11.0. The van der Waals surface area contributed by atoms with E-state index in [0.29, 0.717) is 5.92 Å². The van der Waals surface area contributed by atoms with E-state index in [-0.39, 0.29) is 5.92 Å². The number of aldehydes is 1. The monoisotopic (exact) mass is 190 g/mol. The molecule has 0 N–H and O–H groups in total. The maximum atomic E-state index is 11.0. The Morgan fingerprint density at radius 1 is 1.29 bits per heavy atom. The number of carbonyl (C=O) groups is 1. The van der Waals surface area contributed by atoms with Gasteiger partial charge >= 0.3 is 0 Å². The van der Waals surface area contributed by atoms with Crippen LogP contribution in [0.15, 0.2) is 30.3 Å². The summed E-state index contributed by atoms with van der Waals surface area (Å²) in [5, 5.41) is 0. The molecule has 0 radical (unpaired) electrons. The smallest absolute Gasteiger partial charge is 0.127 e. The van der Waals surface area contributed by atoms with E-state index >= 15 is 0 Å². The zero-order chi connectivity index (χ0) is 10.4. The molecule has 0 saturated carbocycles. The highest BCUT2D eigenvalue weighted by Crippen LogP contribution is 2.25. The van der Waals surface area contributed by atoms with Gasteiger partial charge in [-0.05, 0) is 17.9 Å². The van der Waals surface area contributed by atoms with Gasteiger partial charge in [0.15, 0.2) is 0 Å². The lowest BCUT2D eigenvalue weighted by atomic mass is 9.86. The average molecular weight is 190 g/mol. The van der Waals surface area contributed by atoms with Crippen molar-refractivity contribution in [2.45, 2.75) is 32.6 Å². The first-order chi connectivity index (χ1) is 6.79. The lowest BCUT2D eigenvalue weighted by molar-refractivity contribution is -0.110. The number of hydrogen-bond acceptors (Lipinski definition) is 1.